The van der Waals surface area contributed by atoms with E-state index in [-0.39, 0.29) is 36.9 Å². The SMILES string of the molecule is Cc1ncsc1-c1ccc(CNC(=O)[C@@H]2C[C@@H](O)CN2C(=O)[C@H](c2cnccc2C(N)=O)C(C)(C)C)cc1. The molecule has 1 saturated heterocycles. The normalized spacial score (nSPS) is 18.3. The Morgan fingerprint density at radius 2 is 1.92 bits per heavy atom. The molecular formula is C28H33N5O4S. The van der Waals surface area contributed by atoms with E-state index in [4.69, 9.17) is 5.73 Å². The number of primary amides is 1. The van der Waals surface area contributed by atoms with Crippen LogP contribution in [-0.2, 0) is 16.1 Å². The molecule has 200 valence electrons. The summed E-state index contributed by atoms with van der Waals surface area (Å²) in [6, 6.07) is 8.55. The van der Waals surface area contributed by atoms with Crippen molar-refractivity contribution in [2.24, 2.45) is 11.1 Å². The topological polar surface area (TPSA) is 139 Å². The molecule has 1 fully saturated rings. The lowest BCUT2D eigenvalue weighted by Gasteiger charge is -2.35. The number of nitrogens with one attached hydrogen (secondary N) is 1. The minimum atomic E-state index is -0.838. The average molecular weight is 536 g/mol. The monoisotopic (exact) mass is 535 g/mol. The molecule has 0 radical (unpaired) electrons. The number of thiazole rings is 1. The van der Waals surface area contributed by atoms with Gasteiger partial charge in [0.25, 0.3) is 0 Å². The van der Waals surface area contributed by atoms with Crippen LogP contribution in [0, 0.1) is 12.3 Å². The van der Waals surface area contributed by atoms with E-state index in [0.717, 1.165) is 21.7 Å². The van der Waals surface area contributed by atoms with Crippen molar-refractivity contribution in [1.82, 2.24) is 20.2 Å². The number of hydrogen-bond acceptors (Lipinski definition) is 7. The summed E-state index contributed by atoms with van der Waals surface area (Å²) < 4.78 is 0. The first-order valence-corrected chi connectivity index (χ1v) is 13.3. The van der Waals surface area contributed by atoms with Crippen molar-refractivity contribution in [3.05, 3.63) is 70.6 Å². The fraction of sp³-hybridized carbons (Fsp3) is 0.393. The zero-order valence-corrected chi connectivity index (χ0v) is 22.8. The third kappa shape index (κ3) is 5.76. The van der Waals surface area contributed by atoms with Gasteiger partial charge in [-0.1, -0.05) is 45.0 Å². The molecule has 3 amide bonds. The second-order valence-electron chi connectivity index (χ2n) is 10.7. The van der Waals surface area contributed by atoms with Gasteiger partial charge in [0.15, 0.2) is 0 Å². The largest absolute Gasteiger partial charge is 0.391 e. The quantitative estimate of drug-likeness (QED) is 0.425. The molecule has 2 aromatic heterocycles. The summed E-state index contributed by atoms with van der Waals surface area (Å²) >= 11 is 1.58. The highest BCUT2D eigenvalue weighted by Gasteiger charge is 2.45. The zero-order chi connectivity index (χ0) is 27.6. The Bertz CT molecular complexity index is 1330. The summed E-state index contributed by atoms with van der Waals surface area (Å²) in [5, 5.41) is 13.3. The number of nitrogens with zero attached hydrogens (tertiary/aromatic N) is 3. The molecule has 0 unspecified atom stereocenters. The number of nitrogens with two attached hydrogens (primary N) is 1. The van der Waals surface area contributed by atoms with Crippen molar-refractivity contribution >= 4 is 29.1 Å². The number of rotatable bonds is 7. The van der Waals surface area contributed by atoms with Gasteiger partial charge in [-0.2, -0.15) is 0 Å². The van der Waals surface area contributed by atoms with Crippen LogP contribution in [0.1, 0.15) is 60.3 Å². The average Bonchev–Trinajstić information content (AvgIpc) is 3.47. The second-order valence-corrected chi connectivity index (χ2v) is 11.6. The van der Waals surface area contributed by atoms with E-state index in [0.29, 0.717) is 5.56 Å². The van der Waals surface area contributed by atoms with Crippen LogP contribution in [0.25, 0.3) is 10.4 Å². The Kier molecular flexibility index (Phi) is 7.94. The van der Waals surface area contributed by atoms with Crippen LogP contribution in [0.2, 0.25) is 0 Å². The maximum atomic E-state index is 13.9. The number of carbonyl (C=O) groups is 3. The van der Waals surface area contributed by atoms with Gasteiger partial charge in [0.1, 0.15) is 6.04 Å². The van der Waals surface area contributed by atoms with Crippen LogP contribution >= 0.6 is 11.3 Å². The third-order valence-corrected chi connectivity index (χ3v) is 7.81. The summed E-state index contributed by atoms with van der Waals surface area (Å²) in [7, 11) is 0. The fourth-order valence-electron chi connectivity index (χ4n) is 4.96. The van der Waals surface area contributed by atoms with E-state index in [9.17, 15) is 19.5 Å². The van der Waals surface area contributed by atoms with E-state index in [1.807, 2.05) is 57.5 Å². The molecule has 0 saturated carbocycles. The highest BCUT2D eigenvalue weighted by molar-refractivity contribution is 7.13. The number of hydrogen-bond donors (Lipinski definition) is 3. The molecule has 0 aliphatic carbocycles. The lowest BCUT2D eigenvalue weighted by atomic mass is 9.74. The van der Waals surface area contributed by atoms with E-state index >= 15 is 0 Å². The Morgan fingerprint density at radius 3 is 2.53 bits per heavy atom. The molecule has 4 rings (SSSR count). The van der Waals surface area contributed by atoms with Crippen LogP contribution in [0.4, 0.5) is 0 Å². The van der Waals surface area contributed by atoms with Crippen LogP contribution in [0.5, 0.6) is 0 Å². The second kappa shape index (κ2) is 11.0. The van der Waals surface area contributed by atoms with Gasteiger partial charge in [-0.15, -0.1) is 11.3 Å². The van der Waals surface area contributed by atoms with Gasteiger partial charge in [0, 0.05) is 37.5 Å². The molecule has 4 N–H and O–H groups in total. The Morgan fingerprint density at radius 1 is 1.21 bits per heavy atom. The van der Waals surface area contributed by atoms with Crippen LogP contribution in [-0.4, -0.2) is 56.4 Å². The van der Waals surface area contributed by atoms with Gasteiger partial charge < -0.3 is 21.1 Å². The highest BCUT2D eigenvalue weighted by atomic mass is 32.1. The van der Waals surface area contributed by atoms with Gasteiger partial charge in [0.2, 0.25) is 17.7 Å². The number of aliphatic hydroxyl groups is 1. The standard InChI is InChI=1S/C28H33N5O4S/c1-16-24(38-15-32-16)18-7-5-17(6-8-18)12-31-26(36)22-11-19(34)14-33(22)27(37)23(28(2,3)4)21-13-30-10-9-20(21)25(29)35/h5-10,13,15,19,22-23,34H,11-12,14H2,1-4H3,(H2,29,35)(H,31,36)/t19-,22+,23+/m1/s1. The Labute approximate surface area is 226 Å². The Balaban J connectivity index is 1.51. The summed E-state index contributed by atoms with van der Waals surface area (Å²) in [5.41, 5.74) is 10.4. The number of aryl methyl sites for hydroxylation is 1. The molecule has 10 heteroatoms. The molecule has 1 aliphatic heterocycles. The number of benzene rings is 1. The van der Waals surface area contributed by atoms with Crippen LogP contribution in [0.15, 0.2) is 48.2 Å². The van der Waals surface area contributed by atoms with Crippen molar-refractivity contribution in [2.75, 3.05) is 6.54 Å². The van der Waals surface area contributed by atoms with Gasteiger partial charge in [-0.05, 0) is 35.1 Å². The predicted octanol–water partition coefficient (Wildman–Crippen LogP) is 3.02. The summed E-state index contributed by atoms with van der Waals surface area (Å²) in [6.07, 6.45) is 2.23. The molecular weight excluding hydrogens is 502 g/mol. The maximum absolute atomic E-state index is 13.9. The van der Waals surface area contributed by atoms with E-state index in [1.165, 1.54) is 23.4 Å². The first kappa shape index (κ1) is 27.4. The number of aromatic nitrogens is 2. The third-order valence-electron chi connectivity index (χ3n) is 6.83. The molecule has 0 bridgehead atoms. The maximum Gasteiger partial charge on any atom is 0.249 e. The van der Waals surface area contributed by atoms with E-state index < -0.39 is 29.4 Å². The molecule has 3 atom stereocenters. The number of carbonyl (C=O) groups excluding carboxylic acids is 3. The van der Waals surface area contributed by atoms with Gasteiger partial charge in [0.05, 0.1) is 28.1 Å². The number of likely N-dealkylation sites (tertiary alicyclic amines) is 1. The number of β-amino-alcohol motifs (C(OH)–C–C–N with tert-alkyl or cyclic N) is 1. The molecule has 0 spiro atoms. The number of aliphatic hydroxyl groups excluding tert-OH is 1. The molecule has 3 aromatic rings. The lowest BCUT2D eigenvalue weighted by Crippen LogP contribution is -2.49. The van der Waals surface area contributed by atoms with E-state index in [1.54, 1.807) is 11.3 Å². The summed E-state index contributed by atoms with van der Waals surface area (Å²) in [5.74, 6) is -2.14. The van der Waals surface area contributed by atoms with Crippen molar-refractivity contribution in [2.45, 2.75) is 58.7 Å². The van der Waals surface area contributed by atoms with E-state index in [2.05, 4.69) is 15.3 Å². The van der Waals surface area contributed by atoms with Crippen molar-refractivity contribution < 1.29 is 19.5 Å². The molecule has 1 aliphatic rings. The van der Waals surface area contributed by atoms with Crippen molar-refractivity contribution in [3.8, 4) is 10.4 Å². The van der Waals surface area contributed by atoms with Crippen LogP contribution < -0.4 is 11.1 Å². The van der Waals surface area contributed by atoms with Crippen molar-refractivity contribution in [3.63, 3.8) is 0 Å². The first-order chi connectivity index (χ1) is 18.0. The fourth-order valence-corrected chi connectivity index (χ4v) is 5.77. The number of amides is 3. The molecule has 38 heavy (non-hydrogen) atoms. The molecule has 3 heterocycles. The number of pyridine rings is 1. The smallest absolute Gasteiger partial charge is 0.249 e. The zero-order valence-electron chi connectivity index (χ0n) is 22.0. The summed E-state index contributed by atoms with van der Waals surface area (Å²) in [6.45, 7) is 7.92. The minimum absolute atomic E-state index is 0.0264. The predicted molar refractivity (Wildman–Crippen MR) is 145 cm³/mol. The highest BCUT2D eigenvalue weighted by Crippen LogP contribution is 2.39. The van der Waals surface area contributed by atoms with Crippen molar-refractivity contribution in [1.29, 1.82) is 0 Å². The first-order valence-electron chi connectivity index (χ1n) is 12.5. The molecule has 9 nitrogen and oxygen atoms in total. The Hall–Kier alpha value is -3.63. The lowest BCUT2D eigenvalue weighted by molar-refractivity contribution is -0.141. The molecule has 1 aromatic carbocycles. The van der Waals surface area contributed by atoms with Gasteiger partial charge in [-0.25, -0.2) is 4.98 Å². The summed E-state index contributed by atoms with van der Waals surface area (Å²) in [4.78, 5) is 50.2. The minimum Gasteiger partial charge on any atom is -0.391 e. The van der Waals surface area contributed by atoms with Gasteiger partial charge >= 0.3 is 0 Å². The van der Waals surface area contributed by atoms with Gasteiger partial charge in [-0.3, -0.25) is 19.4 Å². The van der Waals surface area contributed by atoms with Crippen LogP contribution in [0.3, 0.4) is 0 Å².